The second-order valence-electron chi connectivity index (χ2n) is 8.94. The van der Waals surface area contributed by atoms with Gasteiger partial charge in [0.05, 0.1) is 11.4 Å². The minimum Gasteiger partial charge on any atom is -0.256 e. The van der Waals surface area contributed by atoms with Gasteiger partial charge in [0.25, 0.3) is 0 Å². The summed E-state index contributed by atoms with van der Waals surface area (Å²) in [6, 6.07) is 17.1. The summed E-state index contributed by atoms with van der Waals surface area (Å²) < 4.78 is 0. The minimum atomic E-state index is 0.109. The molecule has 3 aromatic rings. The second-order valence-corrected chi connectivity index (χ2v) is 8.94. The van der Waals surface area contributed by atoms with Crippen molar-refractivity contribution >= 4 is 0 Å². The van der Waals surface area contributed by atoms with E-state index < -0.39 is 0 Å². The van der Waals surface area contributed by atoms with E-state index >= 15 is 0 Å². The minimum absolute atomic E-state index is 0.109. The highest BCUT2D eigenvalue weighted by Crippen LogP contribution is 2.30. The van der Waals surface area contributed by atoms with Crippen molar-refractivity contribution in [3.05, 3.63) is 72.1 Å². The molecule has 0 spiro atoms. The SMILES string of the molecule is CC(C)(C)c1ccnc(-c2cccc(-c3cc(C(C)(C)C)ccn3)c2)c1. The quantitative estimate of drug-likeness (QED) is 0.537. The average Bonchev–Trinajstić information content (AvgIpc) is 2.61. The maximum atomic E-state index is 4.59. The van der Waals surface area contributed by atoms with Crippen LogP contribution in [0, 0.1) is 0 Å². The molecule has 0 aliphatic rings. The molecule has 0 unspecified atom stereocenters. The van der Waals surface area contributed by atoms with Gasteiger partial charge in [-0.15, -0.1) is 0 Å². The van der Waals surface area contributed by atoms with Crippen LogP contribution in [0.4, 0.5) is 0 Å². The first kappa shape index (κ1) is 18.3. The molecule has 2 nitrogen and oxygen atoms in total. The average molecular weight is 345 g/mol. The Hall–Kier alpha value is -2.48. The van der Waals surface area contributed by atoms with E-state index in [0.717, 1.165) is 22.5 Å². The van der Waals surface area contributed by atoms with E-state index in [1.807, 2.05) is 12.4 Å². The summed E-state index contributed by atoms with van der Waals surface area (Å²) in [5.41, 5.74) is 7.06. The predicted octanol–water partition coefficient (Wildman–Crippen LogP) is 6.41. The van der Waals surface area contributed by atoms with Gasteiger partial charge in [0.15, 0.2) is 0 Å². The molecule has 0 aliphatic carbocycles. The molecule has 26 heavy (non-hydrogen) atoms. The zero-order chi connectivity index (χ0) is 18.9. The largest absolute Gasteiger partial charge is 0.256 e. The van der Waals surface area contributed by atoms with Crippen LogP contribution in [0.5, 0.6) is 0 Å². The van der Waals surface area contributed by atoms with Crippen LogP contribution in [0.3, 0.4) is 0 Å². The molecule has 0 atom stereocenters. The van der Waals surface area contributed by atoms with Crippen LogP contribution in [0.25, 0.3) is 22.5 Å². The summed E-state index contributed by atoms with van der Waals surface area (Å²) >= 11 is 0. The lowest BCUT2D eigenvalue weighted by atomic mass is 9.86. The smallest absolute Gasteiger partial charge is 0.0705 e. The first-order valence-corrected chi connectivity index (χ1v) is 9.18. The van der Waals surface area contributed by atoms with Gasteiger partial charge in [-0.3, -0.25) is 9.97 Å². The van der Waals surface area contributed by atoms with Gasteiger partial charge in [0, 0.05) is 23.5 Å². The summed E-state index contributed by atoms with van der Waals surface area (Å²) in [4.78, 5) is 9.19. The maximum absolute atomic E-state index is 4.59. The van der Waals surface area contributed by atoms with Crippen LogP contribution < -0.4 is 0 Å². The van der Waals surface area contributed by atoms with Crippen molar-refractivity contribution in [1.82, 2.24) is 9.97 Å². The second kappa shape index (κ2) is 6.68. The molecule has 0 radical (unpaired) electrons. The van der Waals surface area contributed by atoms with Crippen molar-refractivity contribution in [2.24, 2.45) is 0 Å². The molecule has 2 aromatic heterocycles. The van der Waals surface area contributed by atoms with Gasteiger partial charge in [-0.1, -0.05) is 59.7 Å². The molecule has 0 bridgehead atoms. The molecule has 3 rings (SSSR count). The van der Waals surface area contributed by atoms with Crippen LogP contribution in [0.2, 0.25) is 0 Å². The number of hydrogen-bond acceptors (Lipinski definition) is 2. The Morgan fingerprint density at radius 3 is 1.38 bits per heavy atom. The molecule has 0 N–H and O–H groups in total. The van der Waals surface area contributed by atoms with E-state index in [-0.39, 0.29) is 10.8 Å². The van der Waals surface area contributed by atoms with Crippen LogP contribution >= 0.6 is 0 Å². The first-order valence-electron chi connectivity index (χ1n) is 9.18. The van der Waals surface area contributed by atoms with Crippen LogP contribution in [-0.2, 0) is 10.8 Å². The van der Waals surface area contributed by atoms with Gasteiger partial charge in [-0.05, 0) is 52.3 Å². The zero-order valence-corrected chi connectivity index (χ0v) is 16.7. The summed E-state index contributed by atoms with van der Waals surface area (Å²) in [5.74, 6) is 0. The fourth-order valence-electron chi connectivity index (χ4n) is 2.95. The highest BCUT2D eigenvalue weighted by atomic mass is 14.7. The van der Waals surface area contributed by atoms with Crippen LogP contribution in [0.1, 0.15) is 52.7 Å². The third-order valence-corrected chi connectivity index (χ3v) is 4.71. The summed E-state index contributed by atoms with van der Waals surface area (Å²) in [6.45, 7) is 13.4. The highest BCUT2D eigenvalue weighted by molar-refractivity contribution is 5.70. The highest BCUT2D eigenvalue weighted by Gasteiger charge is 2.16. The Morgan fingerprint density at radius 1 is 0.577 bits per heavy atom. The number of nitrogens with zero attached hydrogens (tertiary/aromatic N) is 2. The fourth-order valence-corrected chi connectivity index (χ4v) is 2.95. The molecule has 0 aliphatic heterocycles. The molecule has 0 fully saturated rings. The molecule has 134 valence electrons. The Morgan fingerprint density at radius 2 is 1.00 bits per heavy atom. The van der Waals surface area contributed by atoms with Gasteiger partial charge >= 0.3 is 0 Å². The van der Waals surface area contributed by atoms with Crippen molar-refractivity contribution in [2.45, 2.75) is 52.4 Å². The Bertz CT molecular complexity index is 839. The molecule has 2 heteroatoms. The monoisotopic (exact) mass is 344 g/mol. The summed E-state index contributed by atoms with van der Waals surface area (Å²) in [7, 11) is 0. The topological polar surface area (TPSA) is 25.8 Å². The fraction of sp³-hybridized carbons (Fsp3) is 0.333. The van der Waals surface area contributed by atoms with E-state index in [2.05, 4.69) is 100 Å². The van der Waals surface area contributed by atoms with Crippen LogP contribution in [0.15, 0.2) is 60.9 Å². The van der Waals surface area contributed by atoms with E-state index in [1.54, 1.807) is 0 Å². The Labute approximate surface area is 157 Å². The van der Waals surface area contributed by atoms with Gasteiger partial charge < -0.3 is 0 Å². The van der Waals surface area contributed by atoms with Crippen LogP contribution in [-0.4, -0.2) is 9.97 Å². The van der Waals surface area contributed by atoms with E-state index in [9.17, 15) is 0 Å². The molecule has 0 saturated carbocycles. The summed E-state index contributed by atoms with van der Waals surface area (Å²) in [5, 5.41) is 0. The van der Waals surface area contributed by atoms with Crippen molar-refractivity contribution < 1.29 is 0 Å². The zero-order valence-electron chi connectivity index (χ0n) is 16.7. The lowest BCUT2D eigenvalue weighted by molar-refractivity contribution is 0.589. The Balaban J connectivity index is 2.03. The number of pyridine rings is 2. The van der Waals surface area contributed by atoms with Crippen molar-refractivity contribution in [1.29, 1.82) is 0 Å². The standard InChI is InChI=1S/C24H28N2/c1-23(2,3)19-10-12-25-21(15-19)17-8-7-9-18(14-17)22-16-20(11-13-26-22)24(4,5)6/h7-16H,1-6H3. The summed E-state index contributed by atoms with van der Waals surface area (Å²) in [6.07, 6.45) is 3.81. The molecule has 1 aromatic carbocycles. The predicted molar refractivity (Wildman–Crippen MR) is 110 cm³/mol. The van der Waals surface area contributed by atoms with Gasteiger partial charge in [0.2, 0.25) is 0 Å². The number of benzene rings is 1. The number of hydrogen-bond donors (Lipinski definition) is 0. The third kappa shape index (κ3) is 4.01. The molecule has 0 saturated heterocycles. The normalized spacial score (nSPS) is 12.2. The molecule has 2 heterocycles. The number of aromatic nitrogens is 2. The van der Waals surface area contributed by atoms with Gasteiger partial charge in [-0.25, -0.2) is 0 Å². The Kier molecular flexibility index (Phi) is 4.70. The maximum Gasteiger partial charge on any atom is 0.0705 e. The lowest BCUT2D eigenvalue weighted by Gasteiger charge is -2.20. The number of rotatable bonds is 2. The van der Waals surface area contributed by atoms with Crippen molar-refractivity contribution in [3.8, 4) is 22.5 Å². The van der Waals surface area contributed by atoms with E-state index in [0.29, 0.717) is 0 Å². The molecular weight excluding hydrogens is 316 g/mol. The van der Waals surface area contributed by atoms with Gasteiger partial charge in [0.1, 0.15) is 0 Å². The van der Waals surface area contributed by atoms with E-state index in [4.69, 9.17) is 0 Å². The van der Waals surface area contributed by atoms with Crippen molar-refractivity contribution in [3.63, 3.8) is 0 Å². The van der Waals surface area contributed by atoms with Gasteiger partial charge in [-0.2, -0.15) is 0 Å². The molecule has 0 amide bonds. The molecular formula is C24H28N2. The third-order valence-electron chi connectivity index (χ3n) is 4.71. The van der Waals surface area contributed by atoms with Crippen molar-refractivity contribution in [2.75, 3.05) is 0 Å². The lowest BCUT2D eigenvalue weighted by Crippen LogP contribution is -2.11. The first-order chi connectivity index (χ1) is 12.1. The van der Waals surface area contributed by atoms with E-state index in [1.165, 1.54) is 11.1 Å².